The van der Waals surface area contributed by atoms with Gasteiger partial charge in [0.05, 0.1) is 33.3 Å². The molecule has 0 aliphatic heterocycles. The highest BCUT2D eigenvalue weighted by Gasteiger charge is 2.19. The maximum atomic E-state index is 9.72. The lowest BCUT2D eigenvalue weighted by Gasteiger charge is -2.17. The molecule has 4 nitrogen and oxygen atoms in total. The summed E-state index contributed by atoms with van der Waals surface area (Å²) in [6, 6.07) is 3.40. The molecule has 0 spiro atoms. The Morgan fingerprint density at radius 1 is 1.12 bits per heavy atom. The Morgan fingerprint density at radius 3 is 2.19 bits per heavy atom. The predicted octanol–water partition coefficient (Wildman–Crippen LogP) is 1.98. The Labute approximate surface area is 99.7 Å². The second-order valence-electron chi connectivity index (χ2n) is 3.09. The minimum atomic E-state index is -0.795. The molecule has 0 aliphatic carbocycles. The van der Waals surface area contributed by atoms with E-state index in [4.69, 9.17) is 25.8 Å². The minimum Gasteiger partial charge on any atom is -0.493 e. The topological polar surface area (TPSA) is 47.9 Å². The van der Waals surface area contributed by atoms with E-state index in [-0.39, 0.29) is 5.88 Å². The number of rotatable bonds is 5. The fraction of sp³-hybridized carbons (Fsp3) is 0.455. The number of halogens is 1. The monoisotopic (exact) mass is 246 g/mol. The molecule has 0 fully saturated rings. The normalized spacial score (nSPS) is 12.1. The van der Waals surface area contributed by atoms with E-state index in [0.717, 1.165) is 0 Å². The number of aliphatic hydroxyl groups excluding tert-OH is 1. The fourth-order valence-electron chi connectivity index (χ4n) is 1.47. The molecule has 0 aromatic heterocycles. The number of benzene rings is 1. The molecular formula is C11H15ClO4. The van der Waals surface area contributed by atoms with Crippen molar-refractivity contribution >= 4 is 11.6 Å². The minimum absolute atomic E-state index is 0.0891. The van der Waals surface area contributed by atoms with Crippen LogP contribution in [0.15, 0.2) is 12.1 Å². The summed E-state index contributed by atoms with van der Waals surface area (Å²) in [4.78, 5) is 0. The zero-order valence-electron chi connectivity index (χ0n) is 9.49. The first kappa shape index (κ1) is 12.9. The van der Waals surface area contributed by atoms with Crippen LogP contribution in [0.4, 0.5) is 0 Å². The number of ether oxygens (including phenoxy) is 3. The van der Waals surface area contributed by atoms with Crippen molar-refractivity contribution in [3.63, 3.8) is 0 Å². The van der Waals surface area contributed by atoms with Gasteiger partial charge in [0.1, 0.15) is 0 Å². The third-order valence-corrected chi connectivity index (χ3v) is 2.53. The number of hydrogen-bond donors (Lipinski definition) is 1. The zero-order chi connectivity index (χ0) is 12.1. The first-order valence-corrected chi connectivity index (χ1v) is 5.25. The van der Waals surface area contributed by atoms with Crippen LogP contribution in [0.2, 0.25) is 0 Å². The van der Waals surface area contributed by atoms with Crippen LogP contribution in [0.3, 0.4) is 0 Å². The number of alkyl halides is 1. The van der Waals surface area contributed by atoms with Crippen LogP contribution >= 0.6 is 11.6 Å². The van der Waals surface area contributed by atoms with Crippen molar-refractivity contribution in [3.8, 4) is 17.2 Å². The molecule has 1 atom stereocenters. The van der Waals surface area contributed by atoms with Gasteiger partial charge in [0.25, 0.3) is 0 Å². The molecule has 16 heavy (non-hydrogen) atoms. The summed E-state index contributed by atoms with van der Waals surface area (Å²) in [6.07, 6.45) is -0.795. The molecule has 1 aromatic rings. The summed E-state index contributed by atoms with van der Waals surface area (Å²) in [5.41, 5.74) is 0.579. The lowest BCUT2D eigenvalue weighted by Crippen LogP contribution is -2.04. The molecule has 1 aromatic carbocycles. The van der Waals surface area contributed by atoms with E-state index in [0.29, 0.717) is 22.8 Å². The Bertz CT molecular complexity index is 354. The van der Waals surface area contributed by atoms with Gasteiger partial charge < -0.3 is 19.3 Å². The molecule has 1 N–H and O–H groups in total. The molecule has 0 saturated heterocycles. The van der Waals surface area contributed by atoms with Crippen LogP contribution in [-0.4, -0.2) is 32.3 Å². The van der Waals surface area contributed by atoms with Crippen LogP contribution in [0.25, 0.3) is 0 Å². The van der Waals surface area contributed by atoms with E-state index in [1.165, 1.54) is 21.3 Å². The van der Waals surface area contributed by atoms with E-state index in [1.807, 2.05) is 0 Å². The highest BCUT2D eigenvalue weighted by Crippen LogP contribution is 2.42. The maximum Gasteiger partial charge on any atom is 0.203 e. The molecule has 0 unspecified atom stereocenters. The molecule has 0 aliphatic rings. The van der Waals surface area contributed by atoms with Gasteiger partial charge in [0.15, 0.2) is 11.5 Å². The summed E-state index contributed by atoms with van der Waals surface area (Å²) in [5.74, 6) is 1.53. The van der Waals surface area contributed by atoms with Gasteiger partial charge in [-0.2, -0.15) is 0 Å². The van der Waals surface area contributed by atoms with Gasteiger partial charge in [0, 0.05) is 5.56 Å². The van der Waals surface area contributed by atoms with Crippen molar-refractivity contribution in [3.05, 3.63) is 17.7 Å². The summed E-state index contributed by atoms with van der Waals surface area (Å²) in [7, 11) is 4.55. The predicted molar refractivity (Wildman–Crippen MR) is 61.8 cm³/mol. The maximum absolute atomic E-state index is 9.72. The summed E-state index contributed by atoms with van der Waals surface area (Å²) in [6.45, 7) is 0. The average Bonchev–Trinajstić information content (AvgIpc) is 2.35. The smallest absolute Gasteiger partial charge is 0.203 e. The van der Waals surface area contributed by atoms with Gasteiger partial charge >= 0.3 is 0 Å². The quantitative estimate of drug-likeness (QED) is 0.808. The van der Waals surface area contributed by atoms with Crippen LogP contribution in [0.1, 0.15) is 11.7 Å². The first-order chi connectivity index (χ1) is 7.69. The molecule has 0 saturated carbocycles. The highest BCUT2D eigenvalue weighted by molar-refractivity contribution is 6.18. The Morgan fingerprint density at radius 2 is 1.75 bits per heavy atom. The zero-order valence-corrected chi connectivity index (χ0v) is 10.2. The molecule has 5 heteroatoms. The van der Waals surface area contributed by atoms with Crippen molar-refractivity contribution in [2.45, 2.75) is 6.10 Å². The molecular weight excluding hydrogens is 232 g/mol. The Balaban J connectivity index is 3.31. The second kappa shape index (κ2) is 5.82. The van der Waals surface area contributed by atoms with Crippen molar-refractivity contribution in [1.29, 1.82) is 0 Å². The third-order valence-electron chi connectivity index (χ3n) is 2.24. The van der Waals surface area contributed by atoms with E-state index < -0.39 is 6.10 Å². The van der Waals surface area contributed by atoms with E-state index in [1.54, 1.807) is 12.1 Å². The van der Waals surface area contributed by atoms with Crippen LogP contribution < -0.4 is 14.2 Å². The van der Waals surface area contributed by atoms with Crippen LogP contribution in [0, 0.1) is 0 Å². The van der Waals surface area contributed by atoms with Gasteiger partial charge in [-0.05, 0) is 12.1 Å². The number of hydrogen-bond acceptors (Lipinski definition) is 4. The largest absolute Gasteiger partial charge is 0.493 e. The molecule has 0 bridgehead atoms. The lowest BCUT2D eigenvalue weighted by atomic mass is 10.1. The summed E-state index contributed by atoms with van der Waals surface area (Å²) >= 11 is 5.61. The standard InChI is InChI=1S/C11H15ClO4/c1-14-9-5-4-7(8(13)6-12)10(15-2)11(9)16-3/h4-5,8,13H,6H2,1-3H3/t8-/m0/s1. The van der Waals surface area contributed by atoms with Gasteiger partial charge in [-0.15, -0.1) is 11.6 Å². The molecule has 90 valence electrons. The lowest BCUT2D eigenvalue weighted by molar-refractivity contribution is 0.195. The van der Waals surface area contributed by atoms with E-state index in [2.05, 4.69) is 0 Å². The Kier molecular flexibility index (Phi) is 4.71. The highest BCUT2D eigenvalue weighted by atomic mass is 35.5. The number of methoxy groups -OCH3 is 3. The van der Waals surface area contributed by atoms with Crippen molar-refractivity contribution in [1.82, 2.24) is 0 Å². The van der Waals surface area contributed by atoms with Crippen molar-refractivity contribution in [2.75, 3.05) is 27.2 Å². The molecule has 0 heterocycles. The molecule has 0 amide bonds. The van der Waals surface area contributed by atoms with Crippen LogP contribution in [-0.2, 0) is 0 Å². The van der Waals surface area contributed by atoms with Crippen molar-refractivity contribution < 1.29 is 19.3 Å². The average molecular weight is 247 g/mol. The van der Waals surface area contributed by atoms with Gasteiger partial charge in [-0.1, -0.05) is 0 Å². The summed E-state index contributed by atoms with van der Waals surface area (Å²) < 4.78 is 15.5. The second-order valence-corrected chi connectivity index (χ2v) is 3.40. The van der Waals surface area contributed by atoms with E-state index in [9.17, 15) is 5.11 Å². The fourth-order valence-corrected chi connectivity index (χ4v) is 1.64. The first-order valence-electron chi connectivity index (χ1n) is 4.72. The number of aliphatic hydroxyl groups is 1. The third kappa shape index (κ3) is 2.33. The Hall–Kier alpha value is -1.13. The van der Waals surface area contributed by atoms with Gasteiger partial charge in [-0.3, -0.25) is 0 Å². The van der Waals surface area contributed by atoms with Gasteiger partial charge in [-0.25, -0.2) is 0 Å². The van der Waals surface area contributed by atoms with Crippen LogP contribution in [0.5, 0.6) is 17.2 Å². The molecule has 1 rings (SSSR count). The molecule has 0 radical (unpaired) electrons. The van der Waals surface area contributed by atoms with Gasteiger partial charge in [0.2, 0.25) is 5.75 Å². The van der Waals surface area contributed by atoms with E-state index >= 15 is 0 Å². The SMILES string of the molecule is COc1ccc([C@@H](O)CCl)c(OC)c1OC. The summed E-state index contributed by atoms with van der Waals surface area (Å²) in [5, 5.41) is 9.72. The van der Waals surface area contributed by atoms with Crippen molar-refractivity contribution in [2.24, 2.45) is 0 Å².